The molecule has 1 aromatic carbocycles. The Kier molecular flexibility index (Phi) is 24.3. The van der Waals surface area contributed by atoms with E-state index in [0.29, 0.717) is 18.4 Å². The summed E-state index contributed by atoms with van der Waals surface area (Å²) in [6.45, 7) is 0.907. The number of aliphatic hydroxyl groups is 1. The lowest BCUT2D eigenvalue weighted by Crippen LogP contribution is -2.62. The average molecular weight is 1020 g/mol. The van der Waals surface area contributed by atoms with Gasteiger partial charge >= 0.3 is 0 Å². The van der Waals surface area contributed by atoms with Crippen molar-refractivity contribution in [1.29, 1.82) is 0 Å². The second kappa shape index (κ2) is 29.7. The van der Waals surface area contributed by atoms with Gasteiger partial charge in [-0.3, -0.25) is 57.5 Å². The molecule has 1 unspecified atom stereocenters. The highest BCUT2D eigenvalue weighted by atomic mass is 16.3. The maximum absolute atomic E-state index is 14.2. The molecule has 2 heterocycles. The van der Waals surface area contributed by atoms with E-state index in [0.717, 1.165) is 43.4 Å². The van der Waals surface area contributed by atoms with Crippen LogP contribution in [0, 0.1) is 0 Å². The smallest absolute Gasteiger partial charge is 0.246 e. The molecular formula is C46H70N12O14. The Balaban J connectivity index is 2.17. The van der Waals surface area contributed by atoms with Crippen molar-refractivity contribution in [3.63, 3.8) is 0 Å². The summed E-state index contributed by atoms with van der Waals surface area (Å²) in [4.78, 5) is 162. The molecule has 72 heavy (non-hydrogen) atoms. The van der Waals surface area contributed by atoms with Gasteiger partial charge in [-0.1, -0.05) is 70.4 Å². The summed E-state index contributed by atoms with van der Waals surface area (Å²) < 4.78 is 0. The lowest BCUT2D eigenvalue weighted by atomic mass is 10.0. The van der Waals surface area contributed by atoms with Gasteiger partial charge in [-0.2, -0.15) is 0 Å². The van der Waals surface area contributed by atoms with Crippen LogP contribution in [0.5, 0.6) is 5.75 Å². The number of aromatic hydroxyl groups is 1. The third-order valence-corrected chi connectivity index (χ3v) is 12.1. The molecule has 0 radical (unpaired) electrons. The zero-order chi connectivity index (χ0) is 53.5. The summed E-state index contributed by atoms with van der Waals surface area (Å²) in [6, 6.07) is -8.10. The quantitative estimate of drug-likeness (QED) is 0.0519. The number of nitrogens with two attached hydrogens (primary N) is 4. The van der Waals surface area contributed by atoms with Gasteiger partial charge in [-0.25, -0.2) is 0 Å². The maximum Gasteiger partial charge on any atom is 0.246 e. The first kappa shape index (κ1) is 58.9. The maximum atomic E-state index is 14.2. The highest BCUT2D eigenvalue weighted by Gasteiger charge is 2.41. The molecule has 1 aromatic rings. The number of carbonyl (C=O) groups is 12. The zero-order valence-corrected chi connectivity index (χ0v) is 40.4. The Bertz CT molecular complexity index is 2120. The summed E-state index contributed by atoms with van der Waals surface area (Å²) in [7, 11) is 0. The fourth-order valence-electron chi connectivity index (χ4n) is 8.20. The summed E-state index contributed by atoms with van der Waals surface area (Å²) in [5.74, 6) is -13.1. The minimum atomic E-state index is -1.91. The molecule has 2 fully saturated rings. The van der Waals surface area contributed by atoms with Gasteiger partial charge in [0.1, 0.15) is 54.1 Å². The van der Waals surface area contributed by atoms with Crippen LogP contribution in [0.3, 0.4) is 0 Å². The van der Waals surface area contributed by atoms with Crippen molar-refractivity contribution in [2.24, 2.45) is 22.9 Å². The highest BCUT2D eigenvalue weighted by molar-refractivity contribution is 6.01. The molecule has 2 aliphatic rings. The summed E-state index contributed by atoms with van der Waals surface area (Å²) in [5.41, 5.74) is 22.1. The molecular weight excluding hydrogens is 945 g/mol. The molecule has 2 saturated heterocycles. The minimum Gasteiger partial charge on any atom is -0.508 e. The van der Waals surface area contributed by atoms with Crippen molar-refractivity contribution in [3.05, 3.63) is 29.8 Å². The van der Waals surface area contributed by atoms with E-state index in [1.165, 1.54) is 24.3 Å². The minimum absolute atomic E-state index is 0.0192. The Hall–Kier alpha value is -7.38. The van der Waals surface area contributed by atoms with E-state index in [9.17, 15) is 67.7 Å². The van der Waals surface area contributed by atoms with E-state index in [1.807, 2.05) is 0 Å². The van der Waals surface area contributed by atoms with E-state index in [2.05, 4.69) is 44.1 Å². The molecule has 398 valence electrons. The molecule has 0 spiro atoms. The molecule has 3 rings (SSSR count). The predicted molar refractivity (Wildman–Crippen MR) is 254 cm³/mol. The van der Waals surface area contributed by atoms with E-state index < -0.39 is 158 Å². The third kappa shape index (κ3) is 19.8. The van der Waals surface area contributed by atoms with Gasteiger partial charge < -0.3 is 75.3 Å². The molecule has 12 amide bonds. The lowest BCUT2D eigenvalue weighted by molar-refractivity contribution is -0.143. The summed E-state index contributed by atoms with van der Waals surface area (Å²) in [6.07, 6.45) is 3.30. The topological polar surface area (TPSA) is 437 Å². The van der Waals surface area contributed by atoms with Gasteiger partial charge in [0.2, 0.25) is 70.9 Å². The Morgan fingerprint density at radius 1 is 0.528 bits per heavy atom. The predicted octanol–water partition coefficient (Wildman–Crippen LogP) is -4.25. The summed E-state index contributed by atoms with van der Waals surface area (Å²) >= 11 is 0. The first-order chi connectivity index (χ1) is 34.1. The van der Waals surface area contributed by atoms with Crippen molar-refractivity contribution in [2.75, 3.05) is 13.2 Å². The van der Waals surface area contributed by atoms with E-state index >= 15 is 0 Å². The van der Waals surface area contributed by atoms with Crippen molar-refractivity contribution in [3.8, 4) is 5.75 Å². The van der Waals surface area contributed by atoms with E-state index in [4.69, 9.17) is 22.9 Å². The molecule has 26 heteroatoms. The second-order valence-electron chi connectivity index (χ2n) is 18.0. The standard InChI is InChI=1S/C46H70N12O14/c1-2-3-4-5-6-7-8-9-11-27-39(65)54-31(22-37(49)63)43(69)53-29(20-25-13-15-26(60)16-14-25)41(67)55-30(21-36(48)62)42(68)51-28(17-18-35(47)61)40(66)57-33(24-59)44(70)56-32(23-38(50)64)46(72)58-19-10-12-34(58)45(71)52-27/h13-16,27-34,59-60H,2-12,17-24H2,1H3,(H2,47,61)(H2,48,62)(H2,49,63)(H2,50,64)(H,51,68)(H,52,71)(H,53,69)(H,54,65)(H,55,67)(H,56,70)(H,57,66)/t27?,28-,29+,30-,31-,32-,33-,34+/m0/s1. The number of hydrogen-bond donors (Lipinski definition) is 13. The van der Waals surface area contributed by atoms with Crippen molar-refractivity contribution >= 4 is 70.9 Å². The largest absolute Gasteiger partial charge is 0.508 e. The van der Waals surface area contributed by atoms with Crippen LogP contribution in [0.15, 0.2) is 24.3 Å². The molecule has 8 atom stereocenters. The van der Waals surface area contributed by atoms with Crippen LogP contribution in [0.1, 0.15) is 115 Å². The number of carbonyl (C=O) groups excluding carboxylic acids is 12. The fourth-order valence-corrected chi connectivity index (χ4v) is 8.20. The molecule has 0 bridgehead atoms. The first-order valence-electron chi connectivity index (χ1n) is 24.1. The number of amides is 12. The number of fused-ring (bicyclic) bond motifs is 1. The lowest BCUT2D eigenvalue weighted by Gasteiger charge is -2.31. The molecule has 26 nitrogen and oxygen atoms in total. The number of primary amides is 4. The number of hydrogen-bond acceptors (Lipinski definition) is 14. The van der Waals surface area contributed by atoms with Crippen LogP contribution in [-0.4, -0.2) is 147 Å². The van der Waals surface area contributed by atoms with Crippen LogP contribution in [0.2, 0.25) is 0 Å². The molecule has 0 saturated carbocycles. The molecule has 2 aliphatic heterocycles. The van der Waals surface area contributed by atoms with Crippen LogP contribution in [0.25, 0.3) is 0 Å². The van der Waals surface area contributed by atoms with Crippen molar-refractivity contribution in [2.45, 2.75) is 164 Å². The van der Waals surface area contributed by atoms with Crippen LogP contribution in [0.4, 0.5) is 0 Å². The van der Waals surface area contributed by atoms with Crippen LogP contribution < -0.4 is 60.2 Å². The van der Waals surface area contributed by atoms with Gasteiger partial charge in [0.15, 0.2) is 0 Å². The number of phenols is 1. The summed E-state index contributed by atoms with van der Waals surface area (Å²) in [5, 5.41) is 36.8. The number of benzene rings is 1. The molecule has 0 aromatic heterocycles. The van der Waals surface area contributed by atoms with Gasteiger partial charge in [0, 0.05) is 19.4 Å². The van der Waals surface area contributed by atoms with Crippen LogP contribution in [-0.2, 0) is 64.0 Å². The second-order valence-corrected chi connectivity index (χ2v) is 18.0. The number of phenolic OH excluding ortho intramolecular Hbond substituents is 1. The highest BCUT2D eigenvalue weighted by Crippen LogP contribution is 2.21. The fraction of sp³-hybridized carbons (Fsp3) is 0.609. The third-order valence-electron chi connectivity index (χ3n) is 12.1. The Labute approximate surface area is 416 Å². The van der Waals surface area contributed by atoms with E-state index in [1.54, 1.807) is 0 Å². The van der Waals surface area contributed by atoms with Gasteiger partial charge in [0.25, 0.3) is 0 Å². The number of nitrogens with one attached hydrogen (secondary N) is 7. The van der Waals surface area contributed by atoms with E-state index in [-0.39, 0.29) is 38.0 Å². The monoisotopic (exact) mass is 1010 g/mol. The Morgan fingerprint density at radius 2 is 0.944 bits per heavy atom. The SMILES string of the molecule is CCCCCCCCCCC1NC(=O)[C@H]2CCCN2C(=O)[C@H](CC(N)=O)NC(=O)[C@H](CO)NC(=O)[C@H](CCC(N)=O)NC(=O)[C@H](CC(N)=O)NC(=O)[C@@H](Cc2ccc(O)cc2)NC(=O)[C@H](CC(N)=O)NC1=O. The van der Waals surface area contributed by atoms with Gasteiger partial charge in [0.05, 0.1) is 25.9 Å². The number of nitrogens with zero attached hydrogens (tertiary/aromatic N) is 1. The number of aliphatic hydroxyl groups excluding tert-OH is 1. The Morgan fingerprint density at radius 3 is 1.47 bits per heavy atom. The first-order valence-corrected chi connectivity index (χ1v) is 24.1. The molecule has 0 aliphatic carbocycles. The zero-order valence-electron chi connectivity index (χ0n) is 40.4. The van der Waals surface area contributed by atoms with Crippen molar-refractivity contribution < 1.29 is 67.7 Å². The van der Waals surface area contributed by atoms with Crippen molar-refractivity contribution in [1.82, 2.24) is 42.1 Å². The van der Waals surface area contributed by atoms with Crippen LogP contribution >= 0.6 is 0 Å². The number of rotatable bonds is 21. The number of unbranched alkanes of at least 4 members (excludes halogenated alkanes) is 7. The normalized spacial score (nSPS) is 24.2. The molecule has 17 N–H and O–H groups in total. The van der Waals surface area contributed by atoms with Gasteiger partial charge in [-0.15, -0.1) is 0 Å². The average Bonchev–Trinajstić information content (AvgIpc) is 3.81. The van der Waals surface area contributed by atoms with Gasteiger partial charge in [-0.05, 0) is 43.4 Å².